The maximum atomic E-state index is 12.0. The summed E-state index contributed by atoms with van der Waals surface area (Å²) in [5.41, 5.74) is 6.50. The van der Waals surface area contributed by atoms with E-state index in [1.54, 1.807) is 24.3 Å². The van der Waals surface area contributed by atoms with Crippen molar-refractivity contribution in [2.75, 3.05) is 5.32 Å². The summed E-state index contributed by atoms with van der Waals surface area (Å²) in [6, 6.07) is 8.10. The maximum absolute atomic E-state index is 12.0. The Hall–Kier alpha value is -3.16. The molecule has 2 aromatic rings. The Morgan fingerprint density at radius 2 is 1.91 bits per heavy atom. The lowest BCUT2D eigenvalue weighted by atomic mass is 10.1. The molecule has 1 aromatic carbocycles. The summed E-state index contributed by atoms with van der Waals surface area (Å²) >= 11 is 0. The minimum absolute atomic E-state index is 0.112. The van der Waals surface area contributed by atoms with Crippen molar-refractivity contribution >= 4 is 23.5 Å². The fourth-order valence-corrected chi connectivity index (χ4v) is 1.70. The maximum Gasteiger partial charge on any atom is 0.266 e. The molecule has 8 nitrogen and oxygen atoms in total. The summed E-state index contributed by atoms with van der Waals surface area (Å²) in [6.07, 6.45) is 0. The normalized spacial score (nSPS) is 10.0. The first kappa shape index (κ1) is 15.2. The zero-order valence-corrected chi connectivity index (χ0v) is 11.8. The van der Waals surface area contributed by atoms with Gasteiger partial charge in [-0.15, -0.1) is 0 Å². The van der Waals surface area contributed by atoms with Gasteiger partial charge in [-0.1, -0.05) is 12.1 Å². The molecule has 0 aliphatic heterocycles. The number of primary amides is 1. The van der Waals surface area contributed by atoms with Crippen LogP contribution in [0, 0.1) is 0 Å². The van der Waals surface area contributed by atoms with Gasteiger partial charge in [0.25, 0.3) is 11.8 Å². The Balaban J connectivity index is 1.99. The quantitative estimate of drug-likeness (QED) is 0.636. The number of benzene rings is 1. The number of aromatic amines is 1. The van der Waals surface area contributed by atoms with E-state index in [-0.39, 0.29) is 23.3 Å². The molecular weight excluding hydrogens is 286 g/mol. The molecule has 0 aliphatic carbocycles. The molecule has 0 spiro atoms. The van der Waals surface area contributed by atoms with E-state index in [2.05, 4.69) is 20.8 Å². The van der Waals surface area contributed by atoms with Gasteiger partial charge in [-0.05, 0) is 17.7 Å². The lowest BCUT2D eigenvalue weighted by Gasteiger charge is -2.05. The topological polar surface area (TPSA) is 130 Å². The van der Waals surface area contributed by atoms with Crippen molar-refractivity contribution in [3.05, 3.63) is 47.2 Å². The van der Waals surface area contributed by atoms with Crippen LogP contribution in [0.1, 0.15) is 33.3 Å². The van der Waals surface area contributed by atoms with Crippen LogP contribution >= 0.6 is 0 Å². The van der Waals surface area contributed by atoms with Crippen molar-refractivity contribution in [1.29, 1.82) is 0 Å². The van der Waals surface area contributed by atoms with E-state index in [4.69, 9.17) is 5.73 Å². The van der Waals surface area contributed by atoms with Gasteiger partial charge in [-0.25, -0.2) is 0 Å². The van der Waals surface area contributed by atoms with E-state index in [0.29, 0.717) is 12.1 Å². The third-order valence-corrected chi connectivity index (χ3v) is 2.84. The van der Waals surface area contributed by atoms with Gasteiger partial charge < -0.3 is 16.4 Å². The van der Waals surface area contributed by atoms with Crippen LogP contribution in [0.25, 0.3) is 0 Å². The Labute approximate surface area is 126 Å². The zero-order chi connectivity index (χ0) is 16.1. The van der Waals surface area contributed by atoms with Gasteiger partial charge in [0.1, 0.15) is 5.69 Å². The van der Waals surface area contributed by atoms with Crippen LogP contribution in [-0.4, -0.2) is 27.9 Å². The van der Waals surface area contributed by atoms with Crippen LogP contribution in [0.4, 0.5) is 5.82 Å². The highest BCUT2D eigenvalue weighted by Gasteiger charge is 2.10. The molecule has 22 heavy (non-hydrogen) atoms. The summed E-state index contributed by atoms with van der Waals surface area (Å²) in [5, 5.41) is 11.4. The molecule has 0 atom stereocenters. The van der Waals surface area contributed by atoms with Crippen LogP contribution in [-0.2, 0) is 11.3 Å². The van der Waals surface area contributed by atoms with Gasteiger partial charge in [0, 0.05) is 25.1 Å². The lowest BCUT2D eigenvalue weighted by Crippen LogP contribution is -2.19. The van der Waals surface area contributed by atoms with Gasteiger partial charge in [-0.2, -0.15) is 5.10 Å². The average Bonchev–Trinajstić information content (AvgIpc) is 2.94. The van der Waals surface area contributed by atoms with Gasteiger partial charge in [-0.3, -0.25) is 19.5 Å². The molecule has 114 valence electrons. The average molecular weight is 301 g/mol. The second kappa shape index (κ2) is 6.53. The van der Waals surface area contributed by atoms with E-state index in [1.165, 1.54) is 13.0 Å². The number of hydrogen-bond acceptors (Lipinski definition) is 4. The number of amides is 3. The molecule has 2 rings (SSSR count). The van der Waals surface area contributed by atoms with Gasteiger partial charge in [0.15, 0.2) is 5.82 Å². The Bertz CT molecular complexity index is 706. The number of nitrogens with two attached hydrogens (primary N) is 1. The number of nitrogens with zero attached hydrogens (tertiary/aromatic N) is 1. The molecule has 0 aliphatic rings. The highest BCUT2D eigenvalue weighted by Crippen LogP contribution is 2.09. The monoisotopic (exact) mass is 301 g/mol. The molecule has 0 bridgehead atoms. The number of hydrogen-bond donors (Lipinski definition) is 4. The molecule has 3 amide bonds. The molecule has 0 saturated heterocycles. The number of carbonyl (C=O) groups is 3. The largest absolute Gasteiger partial charge is 0.364 e. The van der Waals surface area contributed by atoms with Crippen molar-refractivity contribution in [3.63, 3.8) is 0 Å². The second-order valence-electron chi connectivity index (χ2n) is 4.59. The van der Waals surface area contributed by atoms with Crippen LogP contribution < -0.4 is 16.4 Å². The van der Waals surface area contributed by atoms with Crippen molar-refractivity contribution in [2.24, 2.45) is 5.73 Å². The predicted octanol–water partition coefficient (Wildman–Crippen LogP) is 0.397. The minimum atomic E-state index is -0.657. The Morgan fingerprint density at radius 1 is 1.23 bits per heavy atom. The molecule has 8 heteroatoms. The molecule has 1 aromatic heterocycles. The highest BCUT2D eigenvalue weighted by molar-refractivity contribution is 6.04. The minimum Gasteiger partial charge on any atom is -0.364 e. The number of aromatic nitrogens is 2. The second-order valence-corrected chi connectivity index (χ2v) is 4.59. The van der Waals surface area contributed by atoms with Crippen molar-refractivity contribution in [2.45, 2.75) is 13.5 Å². The van der Waals surface area contributed by atoms with E-state index in [0.717, 1.165) is 5.56 Å². The van der Waals surface area contributed by atoms with Gasteiger partial charge in [0.05, 0.1) is 0 Å². The fourth-order valence-electron chi connectivity index (χ4n) is 1.70. The summed E-state index contributed by atoms with van der Waals surface area (Å²) in [5.74, 6) is -0.935. The summed E-state index contributed by atoms with van der Waals surface area (Å²) < 4.78 is 0. The summed E-state index contributed by atoms with van der Waals surface area (Å²) in [6.45, 7) is 1.84. The van der Waals surface area contributed by atoms with Crippen LogP contribution in [0.5, 0.6) is 0 Å². The molecule has 0 saturated carbocycles. The standard InChI is InChI=1S/C14H15N5O3/c1-8(20)16-7-9-2-4-10(5-3-9)14(22)17-12-6-11(13(15)21)18-19-12/h2-6H,7H2,1H3,(H2,15,21)(H,16,20)(H2,17,18,19,22). The van der Waals surface area contributed by atoms with Crippen molar-refractivity contribution in [1.82, 2.24) is 15.5 Å². The summed E-state index contributed by atoms with van der Waals surface area (Å²) in [7, 11) is 0. The van der Waals surface area contributed by atoms with Gasteiger partial charge >= 0.3 is 0 Å². The number of anilines is 1. The summed E-state index contributed by atoms with van der Waals surface area (Å²) in [4.78, 5) is 33.8. The lowest BCUT2D eigenvalue weighted by molar-refractivity contribution is -0.119. The Kier molecular flexibility index (Phi) is 4.52. The Morgan fingerprint density at radius 3 is 2.45 bits per heavy atom. The van der Waals surface area contributed by atoms with Crippen LogP contribution in [0.3, 0.4) is 0 Å². The zero-order valence-electron chi connectivity index (χ0n) is 11.8. The first-order valence-electron chi connectivity index (χ1n) is 6.45. The number of carbonyl (C=O) groups excluding carboxylic acids is 3. The van der Waals surface area contributed by atoms with Crippen molar-refractivity contribution in [3.8, 4) is 0 Å². The molecular formula is C14H15N5O3. The third-order valence-electron chi connectivity index (χ3n) is 2.84. The van der Waals surface area contributed by atoms with Gasteiger partial charge in [0.2, 0.25) is 5.91 Å². The first-order chi connectivity index (χ1) is 10.5. The number of rotatable bonds is 5. The first-order valence-corrected chi connectivity index (χ1v) is 6.45. The smallest absolute Gasteiger partial charge is 0.266 e. The predicted molar refractivity (Wildman–Crippen MR) is 79.0 cm³/mol. The van der Waals surface area contributed by atoms with E-state index >= 15 is 0 Å². The molecule has 1 heterocycles. The van der Waals surface area contributed by atoms with Crippen LogP contribution in [0.15, 0.2) is 30.3 Å². The van der Waals surface area contributed by atoms with Crippen LogP contribution in [0.2, 0.25) is 0 Å². The van der Waals surface area contributed by atoms with E-state index in [9.17, 15) is 14.4 Å². The molecule has 0 unspecified atom stereocenters. The number of H-pyrrole nitrogens is 1. The van der Waals surface area contributed by atoms with Crippen molar-refractivity contribution < 1.29 is 14.4 Å². The fraction of sp³-hybridized carbons (Fsp3) is 0.143. The highest BCUT2D eigenvalue weighted by atomic mass is 16.2. The molecule has 0 radical (unpaired) electrons. The molecule has 0 fully saturated rings. The third kappa shape index (κ3) is 3.92. The van der Waals surface area contributed by atoms with E-state index in [1.807, 2.05) is 0 Å². The SMILES string of the molecule is CC(=O)NCc1ccc(C(=O)Nc2cc(C(N)=O)[nH]n2)cc1. The number of nitrogens with one attached hydrogen (secondary N) is 3. The molecule has 5 N–H and O–H groups in total. The van der Waals surface area contributed by atoms with E-state index < -0.39 is 5.91 Å².